The largest absolute Gasteiger partial charge is 0.399 e. The lowest BCUT2D eigenvalue weighted by Crippen LogP contribution is -2.41. The predicted molar refractivity (Wildman–Crippen MR) is 75.8 cm³/mol. The average molecular weight is 271 g/mol. The van der Waals surface area contributed by atoms with Gasteiger partial charge in [0.1, 0.15) is 12.5 Å². The molecule has 0 aromatic heterocycles. The second-order valence-electron chi connectivity index (χ2n) is 5.26. The summed E-state index contributed by atoms with van der Waals surface area (Å²) in [5, 5.41) is 13.5. The number of nitrogens with zero attached hydrogens (tertiary/aromatic N) is 3. The molecule has 0 saturated carbocycles. The van der Waals surface area contributed by atoms with E-state index in [0.717, 1.165) is 11.4 Å². The van der Waals surface area contributed by atoms with Crippen LogP contribution in [-0.2, 0) is 4.74 Å². The fraction of sp³-hybridized carbons (Fsp3) is 0.429. The topological polar surface area (TPSA) is 86.7 Å². The van der Waals surface area contributed by atoms with Crippen LogP contribution in [0.25, 0.3) is 0 Å². The van der Waals surface area contributed by atoms with Crippen molar-refractivity contribution in [2.45, 2.75) is 5.92 Å². The highest BCUT2D eigenvalue weighted by Gasteiger charge is 2.36. The zero-order chi connectivity index (χ0) is 14.1. The van der Waals surface area contributed by atoms with Crippen molar-refractivity contribution in [3.05, 3.63) is 29.3 Å². The molecule has 0 bridgehead atoms. The monoisotopic (exact) mass is 271 g/mol. The van der Waals surface area contributed by atoms with Crippen molar-refractivity contribution in [3.63, 3.8) is 0 Å². The number of nitrogens with one attached hydrogen (secondary N) is 1. The molecule has 0 amide bonds. The van der Waals surface area contributed by atoms with Gasteiger partial charge in [0.05, 0.1) is 30.8 Å². The van der Waals surface area contributed by atoms with E-state index in [1.807, 2.05) is 19.2 Å². The van der Waals surface area contributed by atoms with Crippen LogP contribution < -0.4 is 11.2 Å². The predicted octanol–water partition coefficient (Wildman–Crippen LogP) is 0.676. The van der Waals surface area contributed by atoms with E-state index in [9.17, 15) is 0 Å². The number of anilines is 1. The van der Waals surface area contributed by atoms with E-state index in [2.05, 4.69) is 21.5 Å². The molecule has 3 rings (SSSR count). The average Bonchev–Trinajstić information content (AvgIpc) is 2.78. The van der Waals surface area contributed by atoms with Gasteiger partial charge in [-0.3, -0.25) is 5.43 Å². The molecule has 2 aliphatic rings. The summed E-state index contributed by atoms with van der Waals surface area (Å²) in [6.07, 6.45) is 0. The third-order valence-corrected chi connectivity index (χ3v) is 3.77. The number of benzene rings is 1. The van der Waals surface area contributed by atoms with Crippen LogP contribution in [0.1, 0.15) is 17.0 Å². The summed E-state index contributed by atoms with van der Waals surface area (Å²) in [5.74, 6) is 1.47. The lowest BCUT2D eigenvalue weighted by molar-refractivity contribution is -0.0366. The van der Waals surface area contributed by atoms with Crippen LogP contribution >= 0.6 is 0 Å². The molecular formula is C14H17N5O. The summed E-state index contributed by atoms with van der Waals surface area (Å²) in [6, 6.07) is 7.68. The summed E-state index contributed by atoms with van der Waals surface area (Å²) in [4.78, 5) is 2.08. The van der Waals surface area contributed by atoms with Crippen molar-refractivity contribution < 1.29 is 4.74 Å². The zero-order valence-electron chi connectivity index (χ0n) is 11.3. The molecule has 0 spiro atoms. The Morgan fingerprint density at radius 2 is 2.30 bits per heavy atom. The van der Waals surface area contributed by atoms with Gasteiger partial charge in [0.2, 0.25) is 0 Å². The van der Waals surface area contributed by atoms with Gasteiger partial charge in [-0.15, -0.1) is 0 Å². The van der Waals surface area contributed by atoms with E-state index in [0.29, 0.717) is 37.1 Å². The Bertz CT molecular complexity index is 588. The molecular weight excluding hydrogens is 254 g/mol. The van der Waals surface area contributed by atoms with Gasteiger partial charge < -0.3 is 15.4 Å². The normalized spacial score (nSPS) is 19.8. The second kappa shape index (κ2) is 5.02. The van der Waals surface area contributed by atoms with Crippen molar-refractivity contribution in [3.8, 4) is 6.07 Å². The molecule has 6 heteroatoms. The maximum atomic E-state index is 9.11. The van der Waals surface area contributed by atoms with Gasteiger partial charge in [-0.25, -0.2) is 0 Å². The number of likely N-dealkylation sites (N-methyl/N-ethyl adjacent to an activating group) is 1. The van der Waals surface area contributed by atoms with Gasteiger partial charge in [-0.2, -0.15) is 10.4 Å². The third kappa shape index (κ3) is 2.17. The molecule has 20 heavy (non-hydrogen) atoms. The number of rotatable bonds is 3. The smallest absolute Gasteiger partial charge is 0.134 e. The second-order valence-corrected chi connectivity index (χ2v) is 5.26. The summed E-state index contributed by atoms with van der Waals surface area (Å²) >= 11 is 0. The maximum absolute atomic E-state index is 9.11. The molecule has 1 aromatic rings. The van der Waals surface area contributed by atoms with Crippen molar-refractivity contribution in [2.75, 3.05) is 32.7 Å². The Kier molecular flexibility index (Phi) is 3.20. The van der Waals surface area contributed by atoms with E-state index < -0.39 is 0 Å². The Labute approximate surface area is 117 Å². The van der Waals surface area contributed by atoms with E-state index in [1.165, 1.54) is 0 Å². The Morgan fingerprint density at radius 3 is 2.85 bits per heavy atom. The first kappa shape index (κ1) is 12.8. The highest BCUT2D eigenvalue weighted by Crippen LogP contribution is 2.34. The minimum atomic E-state index is 0.111. The van der Waals surface area contributed by atoms with Gasteiger partial charge in [-0.1, -0.05) is 0 Å². The summed E-state index contributed by atoms with van der Waals surface area (Å²) in [6.45, 7) is 2.13. The van der Waals surface area contributed by atoms with Gasteiger partial charge in [0.25, 0.3) is 0 Å². The van der Waals surface area contributed by atoms with Crippen molar-refractivity contribution in [1.82, 2.24) is 10.3 Å². The summed E-state index contributed by atoms with van der Waals surface area (Å²) in [5.41, 5.74) is 11.1. The summed E-state index contributed by atoms with van der Waals surface area (Å²) in [7, 11) is 2.00. The third-order valence-electron chi connectivity index (χ3n) is 3.77. The molecule has 6 nitrogen and oxygen atoms in total. The summed E-state index contributed by atoms with van der Waals surface area (Å²) < 4.78 is 5.33. The standard InChI is InChI=1S/C14H17N5O/c1-19-8-17-18-14(19)13(11-6-20-7-11)10-2-9(5-15)3-12(16)4-10/h2-4,11,13,17H,6-8,16H2,1H3. The van der Waals surface area contributed by atoms with Crippen LogP contribution in [-0.4, -0.2) is 37.7 Å². The molecule has 1 atom stereocenters. The van der Waals surface area contributed by atoms with Gasteiger partial charge in [0.15, 0.2) is 0 Å². The fourth-order valence-corrected chi connectivity index (χ4v) is 2.69. The Morgan fingerprint density at radius 1 is 1.50 bits per heavy atom. The van der Waals surface area contributed by atoms with Crippen LogP contribution in [0.4, 0.5) is 5.69 Å². The highest BCUT2D eigenvalue weighted by atomic mass is 16.5. The number of hydrazone groups is 1. The van der Waals surface area contributed by atoms with E-state index in [4.69, 9.17) is 15.7 Å². The highest BCUT2D eigenvalue weighted by molar-refractivity contribution is 5.90. The van der Waals surface area contributed by atoms with E-state index in [1.54, 1.807) is 6.07 Å². The fourth-order valence-electron chi connectivity index (χ4n) is 2.69. The molecule has 104 valence electrons. The van der Waals surface area contributed by atoms with Gasteiger partial charge >= 0.3 is 0 Å². The van der Waals surface area contributed by atoms with Crippen molar-refractivity contribution in [1.29, 1.82) is 5.26 Å². The maximum Gasteiger partial charge on any atom is 0.134 e. The molecule has 3 N–H and O–H groups in total. The van der Waals surface area contributed by atoms with Crippen LogP contribution in [0.2, 0.25) is 0 Å². The van der Waals surface area contributed by atoms with Crippen LogP contribution in [0.3, 0.4) is 0 Å². The lowest BCUT2D eigenvalue weighted by Gasteiger charge is -2.35. The lowest BCUT2D eigenvalue weighted by atomic mass is 9.82. The molecule has 1 fully saturated rings. The number of nitrogen functional groups attached to an aromatic ring is 1. The Hall–Kier alpha value is -2.26. The number of amidine groups is 1. The Balaban J connectivity index is 2.01. The number of nitriles is 1. The van der Waals surface area contributed by atoms with Crippen LogP contribution in [0, 0.1) is 17.2 Å². The van der Waals surface area contributed by atoms with Crippen molar-refractivity contribution >= 4 is 11.5 Å². The molecule has 1 unspecified atom stereocenters. The van der Waals surface area contributed by atoms with Gasteiger partial charge in [-0.05, 0) is 23.8 Å². The molecule has 2 aliphatic heterocycles. The van der Waals surface area contributed by atoms with Crippen molar-refractivity contribution in [2.24, 2.45) is 11.0 Å². The zero-order valence-corrected chi connectivity index (χ0v) is 11.3. The first-order valence-corrected chi connectivity index (χ1v) is 6.59. The number of ether oxygens (including phenoxy) is 1. The quantitative estimate of drug-likeness (QED) is 0.789. The molecule has 1 aromatic carbocycles. The van der Waals surface area contributed by atoms with Crippen LogP contribution in [0.5, 0.6) is 0 Å². The van der Waals surface area contributed by atoms with E-state index in [-0.39, 0.29) is 5.92 Å². The first-order valence-electron chi connectivity index (χ1n) is 6.59. The molecule has 1 saturated heterocycles. The molecule has 0 radical (unpaired) electrons. The van der Waals surface area contributed by atoms with Crippen LogP contribution in [0.15, 0.2) is 23.3 Å². The molecule has 0 aliphatic carbocycles. The number of nitrogens with two attached hydrogens (primary N) is 1. The number of hydrogen-bond acceptors (Lipinski definition) is 6. The minimum absolute atomic E-state index is 0.111. The molecule has 2 heterocycles. The minimum Gasteiger partial charge on any atom is -0.399 e. The number of hydrogen-bond donors (Lipinski definition) is 2. The first-order chi connectivity index (χ1) is 9.69. The van der Waals surface area contributed by atoms with Gasteiger partial charge in [0, 0.05) is 18.7 Å². The van der Waals surface area contributed by atoms with E-state index >= 15 is 0 Å². The SMILES string of the molecule is CN1CNN=C1C(c1cc(N)cc(C#N)c1)C1COC1.